The van der Waals surface area contributed by atoms with E-state index in [1.165, 1.54) is 6.07 Å². The van der Waals surface area contributed by atoms with Crippen molar-refractivity contribution < 1.29 is 4.39 Å². The Morgan fingerprint density at radius 3 is 2.57 bits per heavy atom. The summed E-state index contributed by atoms with van der Waals surface area (Å²) in [7, 11) is 0. The van der Waals surface area contributed by atoms with Gasteiger partial charge in [-0.2, -0.15) is 5.26 Å². The lowest BCUT2D eigenvalue weighted by molar-refractivity contribution is 0.172. The number of aryl methyl sites for hydroxylation is 1. The summed E-state index contributed by atoms with van der Waals surface area (Å²) in [4.78, 5) is 2.13. The number of nitrogens with zero attached hydrogens (tertiary/aromatic N) is 2. The molecular formula is C14H19Cl3FN3. The van der Waals surface area contributed by atoms with Gasteiger partial charge >= 0.3 is 0 Å². The van der Waals surface area contributed by atoms with Crippen molar-refractivity contribution in [2.45, 2.75) is 19.4 Å². The SMILES string of the molecule is Cc1ccc(F)c([C@H](CC#N)N2CCNCC2)c1Cl.Cl.Cl. The van der Waals surface area contributed by atoms with E-state index in [-0.39, 0.29) is 43.1 Å². The minimum absolute atomic E-state index is 0. The molecule has 0 saturated carbocycles. The van der Waals surface area contributed by atoms with Crippen LogP contribution in [-0.2, 0) is 0 Å². The minimum atomic E-state index is -0.325. The minimum Gasteiger partial charge on any atom is -0.314 e. The summed E-state index contributed by atoms with van der Waals surface area (Å²) in [5.74, 6) is -0.325. The van der Waals surface area contributed by atoms with Gasteiger partial charge in [-0.25, -0.2) is 4.39 Å². The number of nitriles is 1. The van der Waals surface area contributed by atoms with Crippen LogP contribution < -0.4 is 5.32 Å². The van der Waals surface area contributed by atoms with Gasteiger partial charge in [0.05, 0.1) is 23.6 Å². The highest BCUT2D eigenvalue weighted by Crippen LogP contribution is 2.34. The summed E-state index contributed by atoms with van der Waals surface area (Å²) in [5, 5.41) is 12.7. The van der Waals surface area contributed by atoms with Gasteiger partial charge in [-0.3, -0.25) is 4.90 Å². The van der Waals surface area contributed by atoms with E-state index in [2.05, 4.69) is 16.3 Å². The third-order valence-electron chi connectivity index (χ3n) is 3.53. The van der Waals surface area contributed by atoms with E-state index in [0.29, 0.717) is 10.6 Å². The van der Waals surface area contributed by atoms with E-state index in [0.717, 1.165) is 31.7 Å². The zero-order chi connectivity index (χ0) is 13.8. The standard InChI is InChI=1S/C14H17ClFN3.2ClH/c1-10-2-3-11(16)13(14(10)15)12(4-5-17)19-8-6-18-7-9-19;;/h2-3,12,18H,4,6-9H2,1H3;2*1H/t12-;;/m0../s1. The molecule has 1 aliphatic rings. The second-order valence-corrected chi connectivity index (χ2v) is 5.13. The lowest BCUT2D eigenvalue weighted by Gasteiger charge is -2.34. The molecule has 1 heterocycles. The molecule has 1 aliphatic heterocycles. The molecule has 0 spiro atoms. The summed E-state index contributed by atoms with van der Waals surface area (Å²) < 4.78 is 14.1. The van der Waals surface area contributed by atoms with E-state index in [9.17, 15) is 4.39 Å². The third-order valence-corrected chi connectivity index (χ3v) is 4.03. The van der Waals surface area contributed by atoms with Crippen LogP contribution in [-0.4, -0.2) is 31.1 Å². The fraction of sp³-hybridized carbons (Fsp3) is 0.500. The lowest BCUT2D eigenvalue weighted by atomic mass is 9.99. The van der Waals surface area contributed by atoms with E-state index in [1.807, 2.05) is 6.92 Å². The second-order valence-electron chi connectivity index (χ2n) is 4.76. The average Bonchev–Trinajstić information content (AvgIpc) is 2.43. The first kappa shape index (κ1) is 20.4. The molecule has 0 aliphatic carbocycles. The van der Waals surface area contributed by atoms with Gasteiger partial charge in [-0.15, -0.1) is 24.8 Å². The van der Waals surface area contributed by atoms with Crippen LogP contribution in [0, 0.1) is 24.1 Å². The quantitative estimate of drug-likeness (QED) is 0.903. The zero-order valence-electron chi connectivity index (χ0n) is 11.7. The van der Waals surface area contributed by atoms with Gasteiger partial charge in [-0.1, -0.05) is 17.7 Å². The number of rotatable bonds is 3. The van der Waals surface area contributed by atoms with Crippen molar-refractivity contribution in [3.05, 3.63) is 34.1 Å². The average molecular weight is 355 g/mol. The van der Waals surface area contributed by atoms with Crippen LogP contribution in [0.1, 0.15) is 23.6 Å². The highest BCUT2D eigenvalue weighted by molar-refractivity contribution is 6.32. The number of halogens is 4. The summed E-state index contributed by atoms with van der Waals surface area (Å²) in [6, 6.07) is 4.99. The predicted octanol–water partition coefficient (Wildman–Crippen LogP) is 3.49. The Morgan fingerprint density at radius 1 is 1.38 bits per heavy atom. The predicted molar refractivity (Wildman–Crippen MR) is 88.1 cm³/mol. The van der Waals surface area contributed by atoms with Gasteiger partial charge < -0.3 is 5.32 Å². The van der Waals surface area contributed by atoms with Gasteiger partial charge in [0.25, 0.3) is 0 Å². The maximum absolute atomic E-state index is 14.1. The third kappa shape index (κ3) is 4.70. The maximum atomic E-state index is 14.1. The largest absolute Gasteiger partial charge is 0.314 e. The molecule has 1 aromatic carbocycles. The Balaban J connectivity index is 0.00000200. The molecule has 2 rings (SSSR count). The van der Waals surface area contributed by atoms with Gasteiger partial charge in [0.2, 0.25) is 0 Å². The molecule has 21 heavy (non-hydrogen) atoms. The Morgan fingerprint density at radius 2 is 2.00 bits per heavy atom. The summed E-state index contributed by atoms with van der Waals surface area (Å²) in [6.45, 7) is 5.17. The number of benzene rings is 1. The Hall–Kier alpha value is -0.570. The number of hydrogen-bond acceptors (Lipinski definition) is 3. The first-order chi connectivity index (χ1) is 9.15. The highest BCUT2D eigenvalue weighted by Gasteiger charge is 2.27. The van der Waals surface area contributed by atoms with Crippen molar-refractivity contribution in [2.75, 3.05) is 26.2 Å². The van der Waals surface area contributed by atoms with Crippen LogP contribution in [0.4, 0.5) is 4.39 Å². The van der Waals surface area contributed by atoms with Gasteiger partial charge in [0.1, 0.15) is 5.82 Å². The van der Waals surface area contributed by atoms with Crippen LogP contribution in [0.25, 0.3) is 0 Å². The first-order valence-electron chi connectivity index (χ1n) is 6.41. The monoisotopic (exact) mass is 353 g/mol. The van der Waals surface area contributed by atoms with Crippen molar-refractivity contribution in [3.8, 4) is 6.07 Å². The molecule has 7 heteroatoms. The van der Waals surface area contributed by atoms with E-state index in [1.54, 1.807) is 6.07 Å². The molecule has 1 saturated heterocycles. The summed E-state index contributed by atoms with van der Waals surface area (Å²) in [5.41, 5.74) is 1.31. The first-order valence-corrected chi connectivity index (χ1v) is 6.79. The molecule has 0 unspecified atom stereocenters. The fourth-order valence-corrected chi connectivity index (χ4v) is 2.76. The molecular weight excluding hydrogens is 336 g/mol. The zero-order valence-corrected chi connectivity index (χ0v) is 14.1. The lowest BCUT2D eigenvalue weighted by Crippen LogP contribution is -2.45. The van der Waals surface area contributed by atoms with Crippen molar-refractivity contribution in [1.82, 2.24) is 10.2 Å². The van der Waals surface area contributed by atoms with Gasteiger partial charge in [0.15, 0.2) is 0 Å². The molecule has 1 N–H and O–H groups in total. The maximum Gasteiger partial charge on any atom is 0.129 e. The van der Waals surface area contributed by atoms with Crippen LogP contribution in [0.2, 0.25) is 5.02 Å². The summed E-state index contributed by atoms with van der Waals surface area (Å²) in [6.07, 6.45) is 0.250. The van der Waals surface area contributed by atoms with Crippen LogP contribution in [0.5, 0.6) is 0 Å². The normalized spacial score (nSPS) is 16.3. The fourth-order valence-electron chi connectivity index (χ4n) is 2.48. The molecule has 3 nitrogen and oxygen atoms in total. The highest BCUT2D eigenvalue weighted by atomic mass is 35.5. The number of piperazine rings is 1. The second kappa shape index (κ2) is 9.45. The van der Waals surface area contributed by atoms with Gasteiger partial charge in [-0.05, 0) is 18.6 Å². The van der Waals surface area contributed by atoms with Crippen molar-refractivity contribution >= 4 is 36.4 Å². The summed E-state index contributed by atoms with van der Waals surface area (Å²) >= 11 is 6.26. The molecule has 1 fully saturated rings. The molecule has 1 atom stereocenters. The van der Waals surface area contributed by atoms with E-state index >= 15 is 0 Å². The molecule has 0 amide bonds. The smallest absolute Gasteiger partial charge is 0.129 e. The van der Waals surface area contributed by atoms with Gasteiger partial charge in [0, 0.05) is 31.7 Å². The Kier molecular flexibility index (Phi) is 9.19. The topological polar surface area (TPSA) is 39.1 Å². The Bertz CT molecular complexity index is 499. The molecule has 0 aromatic heterocycles. The van der Waals surface area contributed by atoms with Crippen molar-refractivity contribution in [2.24, 2.45) is 0 Å². The molecule has 0 bridgehead atoms. The molecule has 0 radical (unpaired) electrons. The van der Waals surface area contributed by atoms with Crippen LogP contribution >= 0.6 is 36.4 Å². The van der Waals surface area contributed by atoms with E-state index < -0.39 is 0 Å². The van der Waals surface area contributed by atoms with E-state index in [4.69, 9.17) is 16.9 Å². The molecule has 1 aromatic rings. The van der Waals surface area contributed by atoms with Crippen molar-refractivity contribution in [3.63, 3.8) is 0 Å². The number of hydrogen-bond donors (Lipinski definition) is 1. The van der Waals surface area contributed by atoms with Crippen molar-refractivity contribution in [1.29, 1.82) is 5.26 Å². The Labute approximate surface area is 142 Å². The molecule has 118 valence electrons. The van der Waals surface area contributed by atoms with Crippen LogP contribution in [0.3, 0.4) is 0 Å². The van der Waals surface area contributed by atoms with Crippen LogP contribution in [0.15, 0.2) is 12.1 Å². The number of nitrogens with one attached hydrogen (secondary N) is 1.